The molecule has 8 aromatic carbocycles. The Labute approximate surface area is 358 Å². The Bertz CT molecular complexity index is 3490. The van der Waals surface area contributed by atoms with Crippen molar-refractivity contribution in [2.45, 2.75) is 47.7 Å². The molecule has 0 atom stereocenters. The number of fused-ring (bicyclic) bond motifs is 6. The number of benzene rings is 8. The molecule has 0 aliphatic heterocycles. The summed E-state index contributed by atoms with van der Waals surface area (Å²) in [6.45, 7) is 20.8. The van der Waals surface area contributed by atoms with Crippen molar-refractivity contribution in [1.82, 2.24) is 9.13 Å². The zero-order valence-corrected chi connectivity index (χ0v) is 35.3. The maximum absolute atomic E-state index is 15.7. The van der Waals surface area contributed by atoms with Crippen LogP contribution in [0.3, 0.4) is 0 Å². The molecule has 302 valence electrons. The van der Waals surface area contributed by atoms with Crippen LogP contribution in [0.4, 0.5) is 18.9 Å². The monoisotopic (exact) mass is 813 g/mol. The van der Waals surface area contributed by atoms with Gasteiger partial charge in [-0.05, 0) is 146 Å². The van der Waals surface area contributed by atoms with Gasteiger partial charge in [0.2, 0.25) is 0 Å². The van der Waals surface area contributed by atoms with Gasteiger partial charge in [0.15, 0.2) is 5.69 Å². The van der Waals surface area contributed by atoms with Gasteiger partial charge in [-0.25, -0.2) is 4.85 Å². The van der Waals surface area contributed by atoms with Crippen molar-refractivity contribution in [3.05, 3.63) is 196 Å². The molecule has 0 bridgehead atoms. The van der Waals surface area contributed by atoms with Crippen molar-refractivity contribution in [1.29, 1.82) is 0 Å². The number of nitrogens with zero attached hydrogens (tertiary/aromatic N) is 3. The number of aryl methyl sites for hydroxylation is 6. The molecule has 0 unspecified atom stereocenters. The fourth-order valence-electron chi connectivity index (χ4n) is 10.3. The van der Waals surface area contributed by atoms with Crippen molar-refractivity contribution in [3.8, 4) is 44.8 Å². The molecule has 6 heteroatoms. The summed E-state index contributed by atoms with van der Waals surface area (Å²) < 4.78 is 50.9. The molecule has 0 saturated carbocycles. The first kappa shape index (κ1) is 38.8. The molecule has 2 aromatic heterocycles. The van der Waals surface area contributed by atoms with E-state index in [1.165, 1.54) is 39.9 Å². The van der Waals surface area contributed by atoms with Gasteiger partial charge in [0.05, 0.1) is 45.6 Å². The lowest BCUT2D eigenvalue weighted by Gasteiger charge is -2.22. The number of rotatable bonds is 5. The molecule has 0 amide bonds. The van der Waals surface area contributed by atoms with Gasteiger partial charge in [0.1, 0.15) is 0 Å². The van der Waals surface area contributed by atoms with Crippen molar-refractivity contribution in [2.75, 3.05) is 0 Å². The average Bonchev–Trinajstić information content (AvgIpc) is 3.74. The third-order valence-electron chi connectivity index (χ3n) is 12.5. The van der Waals surface area contributed by atoms with E-state index in [2.05, 4.69) is 112 Å². The van der Waals surface area contributed by atoms with Gasteiger partial charge in [-0.2, -0.15) is 13.2 Å². The van der Waals surface area contributed by atoms with Crippen LogP contribution in [-0.2, 0) is 6.18 Å². The predicted octanol–water partition coefficient (Wildman–Crippen LogP) is 16.3. The number of aromatic nitrogens is 2. The largest absolute Gasteiger partial charge is 0.418 e. The zero-order chi connectivity index (χ0) is 43.2. The van der Waals surface area contributed by atoms with Crippen molar-refractivity contribution >= 4 is 49.3 Å². The average molecular weight is 814 g/mol. The van der Waals surface area contributed by atoms with Crippen LogP contribution in [-0.4, -0.2) is 9.13 Å². The summed E-state index contributed by atoms with van der Waals surface area (Å²) in [5.41, 5.74) is 15.8. The second-order valence-electron chi connectivity index (χ2n) is 16.7. The topological polar surface area (TPSA) is 14.2 Å². The summed E-state index contributed by atoms with van der Waals surface area (Å²) in [5.74, 6) is 0. The molecule has 62 heavy (non-hydrogen) atoms. The van der Waals surface area contributed by atoms with Gasteiger partial charge in [-0.1, -0.05) is 102 Å². The maximum Gasteiger partial charge on any atom is 0.418 e. The Morgan fingerprint density at radius 1 is 0.452 bits per heavy atom. The molecule has 10 rings (SSSR count). The summed E-state index contributed by atoms with van der Waals surface area (Å²) in [4.78, 5) is 3.80. The molecule has 2 heterocycles. The highest BCUT2D eigenvalue weighted by Crippen LogP contribution is 2.47. The lowest BCUT2D eigenvalue weighted by Crippen LogP contribution is -2.12. The normalized spacial score (nSPS) is 11.9. The zero-order valence-electron chi connectivity index (χ0n) is 35.3. The van der Waals surface area contributed by atoms with Crippen molar-refractivity contribution in [2.24, 2.45) is 0 Å². The van der Waals surface area contributed by atoms with Gasteiger partial charge in [-0.3, -0.25) is 0 Å². The molecular weight excluding hydrogens is 772 g/mol. The second-order valence-corrected chi connectivity index (χ2v) is 16.7. The minimum atomic E-state index is -4.70. The van der Waals surface area contributed by atoms with Crippen LogP contribution in [0.15, 0.2) is 146 Å². The van der Waals surface area contributed by atoms with Crippen LogP contribution in [0.2, 0.25) is 0 Å². The highest BCUT2D eigenvalue weighted by molar-refractivity contribution is 6.13. The molecule has 0 spiro atoms. The Kier molecular flexibility index (Phi) is 9.01. The van der Waals surface area contributed by atoms with E-state index in [0.29, 0.717) is 33.5 Å². The predicted molar refractivity (Wildman–Crippen MR) is 251 cm³/mol. The van der Waals surface area contributed by atoms with Gasteiger partial charge < -0.3 is 9.13 Å². The molecule has 0 aliphatic rings. The second kappa shape index (κ2) is 14.4. The maximum atomic E-state index is 15.7. The first-order valence-corrected chi connectivity index (χ1v) is 20.8. The molecule has 0 aliphatic carbocycles. The van der Waals surface area contributed by atoms with E-state index >= 15 is 13.2 Å². The van der Waals surface area contributed by atoms with E-state index in [0.717, 1.165) is 60.4 Å². The summed E-state index contributed by atoms with van der Waals surface area (Å²) in [6.07, 6.45) is -4.70. The Morgan fingerprint density at radius 3 is 1.45 bits per heavy atom. The quantitative estimate of drug-likeness (QED) is 0.154. The number of halogens is 3. The Hall–Kier alpha value is -7.36. The molecule has 0 radical (unpaired) electrons. The fourth-order valence-corrected chi connectivity index (χ4v) is 10.3. The van der Waals surface area contributed by atoms with Crippen LogP contribution in [0, 0.1) is 48.1 Å². The first-order chi connectivity index (χ1) is 29.8. The van der Waals surface area contributed by atoms with E-state index in [1.54, 1.807) is 22.8 Å². The molecule has 0 N–H and O–H groups in total. The van der Waals surface area contributed by atoms with Gasteiger partial charge >= 0.3 is 6.18 Å². The SMILES string of the molecule is [C-]#[N+]c1ccc(-n2c3ccccc3c3cc(-c4c(C)cc(C)cc4C)ccc32)c(-c2cccc(C(F)(F)F)c2-n2c3ccccc3c3cc(-c4c(C)cc(C)cc4C)ccc32)c1. The smallest absolute Gasteiger partial charge is 0.309 e. The van der Waals surface area contributed by atoms with E-state index in [1.807, 2.05) is 54.6 Å². The summed E-state index contributed by atoms with van der Waals surface area (Å²) in [5, 5.41) is 3.75. The van der Waals surface area contributed by atoms with E-state index < -0.39 is 11.7 Å². The molecule has 3 nitrogen and oxygen atoms in total. The highest BCUT2D eigenvalue weighted by Gasteiger charge is 2.36. The van der Waals surface area contributed by atoms with E-state index in [9.17, 15) is 0 Å². The lowest BCUT2D eigenvalue weighted by molar-refractivity contribution is -0.137. The minimum absolute atomic E-state index is 0.0124. The van der Waals surface area contributed by atoms with Crippen LogP contribution >= 0.6 is 0 Å². The highest BCUT2D eigenvalue weighted by atomic mass is 19.4. The third kappa shape index (κ3) is 6.10. The summed E-state index contributed by atoms with van der Waals surface area (Å²) >= 11 is 0. The molecule has 10 aromatic rings. The Balaban J connectivity index is 1.28. The van der Waals surface area contributed by atoms with Crippen LogP contribution in [0.1, 0.15) is 38.9 Å². The van der Waals surface area contributed by atoms with E-state index in [-0.39, 0.29) is 5.69 Å². The molecular formula is C56H42F3N3. The third-order valence-corrected chi connectivity index (χ3v) is 12.5. The lowest BCUT2D eigenvalue weighted by atomic mass is 9.93. The molecule has 0 saturated heterocycles. The van der Waals surface area contributed by atoms with Crippen molar-refractivity contribution in [3.63, 3.8) is 0 Å². The van der Waals surface area contributed by atoms with Crippen LogP contribution in [0.25, 0.3) is 93.2 Å². The standard InChI is InChI=1S/C56H42F3N3/c1-32-25-34(3)53(35(4)26-32)38-19-22-50-44(29-38)41-13-8-10-17-48(41)61(50)51-24-21-40(60-7)31-46(51)43-15-12-16-47(56(57,58)59)55(43)62-49-18-11-9-14-42(49)45-30-39(20-23-52(45)62)54-36(5)27-33(2)28-37(54)6/h8-31H,1-6H3. The Morgan fingerprint density at radius 2 is 0.935 bits per heavy atom. The van der Waals surface area contributed by atoms with Crippen LogP contribution in [0.5, 0.6) is 0 Å². The van der Waals surface area contributed by atoms with Gasteiger partial charge in [0.25, 0.3) is 0 Å². The van der Waals surface area contributed by atoms with Gasteiger partial charge in [0, 0.05) is 27.1 Å². The minimum Gasteiger partial charge on any atom is -0.309 e. The summed E-state index contributed by atoms with van der Waals surface area (Å²) in [7, 11) is 0. The first-order valence-electron chi connectivity index (χ1n) is 20.8. The number of alkyl halides is 3. The van der Waals surface area contributed by atoms with Gasteiger partial charge in [-0.15, -0.1) is 0 Å². The van der Waals surface area contributed by atoms with Crippen molar-refractivity contribution < 1.29 is 13.2 Å². The molecule has 0 fully saturated rings. The van der Waals surface area contributed by atoms with E-state index in [4.69, 9.17) is 6.57 Å². The fraction of sp³-hybridized carbons (Fsp3) is 0.125. The summed E-state index contributed by atoms with van der Waals surface area (Å²) in [6, 6.07) is 47.0. The number of hydrogen-bond donors (Lipinski definition) is 0. The van der Waals surface area contributed by atoms with Crippen LogP contribution < -0.4 is 0 Å². The number of hydrogen-bond acceptors (Lipinski definition) is 0. The number of para-hydroxylation sites is 3.